The van der Waals surface area contributed by atoms with Crippen LogP contribution in [-0.2, 0) is 4.79 Å². The van der Waals surface area contributed by atoms with Crippen LogP contribution in [0, 0.1) is 10.1 Å². The van der Waals surface area contributed by atoms with E-state index in [1.54, 1.807) is 0 Å². The highest BCUT2D eigenvalue weighted by Gasteiger charge is 2.19. The van der Waals surface area contributed by atoms with Crippen molar-refractivity contribution < 1.29 is 14.8 Å². The van der Waals surface area contributed by atoms with Crippen molar-refractivity contribution in [2.24, 2.45) is 0 Å². The predicted molar refractivity (Wildman–Crippen MR) is 41.9 cm³/mol. The molecule has 0 bridgehead atoms. The number of H-pyrrole nitrogens is 1. The fraction of sp³-hybridized carbons (Fsp3) is 0. The molecule has 1 aromatic heterocycles. The molecule has 0 unspecified atom stereocenters. The Morgan fingerprint density at radius 3 is 2.92 bits per heavy atom. The van der Waals surface area contributed by atoms with Crippen LogP contribution in [0.25, 0.3) is 5.57 Å². The topological polar surface area (TPSA) is 109 Å². The number of aldehydes is 1. The molecular weight excluding hydrogens is 178 g/mol. The van der Waals surface area contributed by atoms with Crippen molar-refractivity contribution in [1.82, 2.24) is 10.2 Å². The Bertz CT molecular complexity index is 368. The van der Waals surface area contributed by atoms with Crippen LogP contribution in [0.2, 0.25) is 0 Å². The molecule has 0 aromatic carbocycles. The van der Waals surface area contributed by atoms with E-state index in [1.807, 2.05) is 0 Å². The fourth-order valence-electron chi connectivity index (χ4n) is 0.785. The molecule has 1 rings (SSSR count). The van der Waals surface area contributed by atoms with Gasteiger partial charge in [-0.05, 0) is 0 Å². The van der Waals surface area contributed by atoms with Crippen LogP contribution in [-0.4, -0.2) is 26.5 Å². The van der Waals surface area contributed by atoms with Crippen molar-refractivity contribution in [1.29, 1.82) is 0 Å². The van der Waals surface area contributed by atoms with Gasteiger partial charge in [-0.1, -0.05) is 0 Å². The normalized spacial score (nSPS) is 11.2. The van der Waals surface area contributed by atoms with Gasteiger partial charge in [0.1, 0.15) is 11.9 Å². The van der Waals surface area contributed by atoms with Gasteiger partial charge in [0.15, 0.2) is 6.29 Å². The summed E-state index contributed by atoms with van der Waals surface area (Å²) in [5.74, 6) is 0. The number of carbonyl (C=O) groups excluding carboxylic acids is 1. The minimum absolute atomic E-state index is 0.109. The van der Waals surface area contributed by atoms with Gasteiger partial charge in [0, 0.05) is 0 Å². The molecular formula is C6H5N3O4. The standard InChI is InChI=1S/C6H5N3O4/c10-2-4(3-11)6-5(9(12)13)1-7-8-6/h1-3,10H,(H,7,8). The molecule has 0 aliphatic heterocycles. The molecule has 0 amide bonds. The maximum absolute atomic E-state index is 10.3. The summed E-state index contributed by atoms with van der Waals surface area (Å²) in [4.78, 5) is 19.9. The molecule has 0 spiro atoms. The molecule has 1 aromatic rings. The summed E-state index contributed by atoms with van der Waals surface area (Å²) in [6.45, 7) is 0. The highest BCUT2D eigenvalue weighted by molar-refractivity contribution is 6.07. The summed E-state index contributed by atoms with van der Waals surface area (Å²) >= 11 is 0. The number of nitro groups is 1. The second-order valence-electron chi connectivity index (χ2n) is 2.09. The van der Waals surface area contributed by atoms with Crippen molar-refractivity contribution in [3.8, 4) is 0 Å². The fourth-order valence-corrected chi connectivity index (χ4v) is 0.785. The summed E-state index contributed by atoms with van der Waals surface area (Å²) in [5, 5.41) is 24.5. The van der Waals surface area contributed by atoms with Crippen LogP contribution in [0.1, 0.15) is 5.69 Å². The van der Waals surface area contributed by atoms with Crippen LogP contribution in [0.4, 0.5) is 5.69 Å². The summed E-state index contributed by atoms with van der Waals surface area (Å²) < 4.78 is 0. The second kappa shape index (κ2) is 3.48. The molecule has 0 saturated heterocycles. The molecule has 68 valence electrons. The van der Waals surface area contributed by atoms with Gasteiger partial charge in [-0.3, -0.25) is 20.0 Å². The minimum Gasteiger partial charge on any atom is -0.515 e. The molecule has 7 heteroatoms. The smallest absolute Gasteiger partial charge is 0.314 e. The SMILES string of the molecule is O=CC(=CO)c1[nH]ncc1[N+](=O)[O-]. The number of allylic oxidation sites excluding steroid dienone is 1. The zero-order valence-corrected chi connectivity index (χ0v) is 6.30. The number of carbonyl (C=O) groups is 1. The third-order valence-electron chi connectivity index (χ3n) is 1.37. The van der Waals surface area contributed by atoms with E-state index in [4.69, 9.17) is 5.11 Å². The van der Waals surface area contributed by atoms with Crippen molar-refractivity contribution in [3.63, 3.8) is 0 Å². The van der Waals surface area contributed by atoms with E-state index in [9.17, 15) is 14.9 Å². The van der Waals surface area contributed by atoms with Gasteiger partial charge < -0.3 is 5.11 Å². The molecule has 0 fully saturated rings. The number of aliphatic hydroxyl groups excluding tert-OH is 1. The van der Waals surface area contributed by atoms with E-state index < -0.39 is 4.92 Å². The molecule has 7 nitrogen and oxygen atoms in total. The molecule has 0 aliphatic carbocycles. The third-order valence-corrected chi connectivity index (χ3v) is 1.37. The van der Waals surface area contributed by atoms with E-state index >= 15 is 0 Å². The first-order valence-corrected chi connectivity index (χ1v) is 3.18. The van der Waals surface area contributed by atoms with Gasteiger partial charge in [0.05, 0.1) is 16.8 Å². The Balaban J connectivity index is 3.21. The number of aromatic nitrogens is 2. The summed E-state index contributed by atoms with van der Waals surface area (Å²) in [7, 11) is 0. The maximum Gasteiger partial charge on any atom is 0.314 e. The second-order valence-corrected chi connectivity index (χ2v) is 2.09. The first-order chi connectivity index (χ1) is 6.20. The third kappa shape index (κ3) is 1.53. The van der Waals surface area contributed by atoms with Crippen molar-refractivity contribution in [2.45, 2.75) is 0 Å². The lowest BCUT2D eigenvalue weighted by Crippen LogP contribution is -1.93. The van der Waals surface area contributed by atoms with Gasteiger partial charge in [-0.15, -0.1) is 0 Å². The van der Waals surface area contributed by atoms with Gasteiger partial charge in [-0.2, -0.15) is 5.10 Å². The first-order valence-electron chi connectivity index (χ1n) is 3.18. The number of hydrogen-bond donors (Lipinski definition) is 2. The number of hydrogen-bond acceptors (Lipinski definition) is 5. The van der Waals surface area contributed by atoms with Crippen LogP contribution >= 0.6 is 0 Å². The summed E-state index contributed by atoms with van der Waals surface area (Å²) in [6, 6.07) is 0. The van der Waals surface area contributed by atoms with Gasteiger partial charge in [0.2, 0.25) is 0 Å². The molecule has 2 N–H and O–H groups in total. The lowest BCUT2D eigenvalue weighted by Gasteiger charge is -1.91. The first kappa shape index (κ1) is 8.91. The van der Waals surface area contributed by atoms with E-state index in [0.717, 1.165) is 6.20 Å². The van der Waals surface area contributed by atoms with Crippen LogP contribution in [0.15, 0.2) is 12.5 Å². The Morgan fingerprint density at radius 1 is 1.77 bits per heavy atom. The zero-order valence-electron chi connectivity index (χ0n) is 6.30. The minimum atomic E-state index is -0.703. The monoisotopic (exact) mass is 183 g/mol. The van der Waals surface area contributed by atoms with Gasteiger partial charge in [-0.25, -0.2) is 0 Å². The maximum atomic E-state index is 10.3. The van der Waals surface area contributed by atoms with Crippen molar-refractivity contribution >= 4 is 17.5 Å². The Labute approximate surface area is 71.8 Å². The number of nitrogens with one attached hydrogen (secondary N) is 1. The lowest BCUT2D eigenvalue weighted by atomic mass is 10.2. The van der Waals surface area contributed by atoms with Crippen molar-refractivity contribution in [2.75, 3.05) is 0 Å². The van der Waals surface area contributed by atoms with Crippen LogP contribution in [0.5, 0.6) is 0 Å². The average molecular weight is 183 g/mol. The van der Waals surface area contributed by atoms with Crippen molar-refractivity contribution in [3.05, 3.63) is 28.3 Å². The Hall–Kier alpha value is -2.18. The van der Waals surface area contributed by atoms with Gasteiger partial charge >= 0.3 is 5.69 Å². The van der Waals surface area contributed by atoms with Crippen LogP contribution < -0.4 is 0 Å². The highest BCUT2D eigenvalue weighted by atomic mass is 16.6. The van der Waals surface area contributed by atoms with E-state index in [0.29, 0.717) is 12.5 Å². The number of rotatable bonds is 3. The average Bonchev–Trinajstić information content (AvgIpc) is 2.55. The van der Waals surface area contributed by atoms with E-state index in [2.05, 4.69) is 10.2 Å². The number of aromatic amines is 1. The van der Waals surface area contributed by atoms with Crippen LogP contribution in [0.3, 0.4) is 0 Å². The largest absolute Gasteiger partial charge is 0.515 e. The summed E-state index contributed by atoms with van der Waals surface area (Å²) in [5.41, 5.74) is -0.681. The molecule has 0 atom stereocenters. The molecule has 0 radical (unpaired) electrons. The zero-order chi connectivity index (χ0) is 9.84. The molecule has 0 aliphatic rings. The Kier molecular flexibility index (Phi) is 2.38. The Morgan fingerprint density at radius 2 is 2.46 bits per heavy atom. The molecule has 13 heavy (non-hydrogen) atoms. The lowest BCUT2D eigenvalue weighted by molar-refractivity contribution is -0.385. The predicted octanol–water partition coefficient (Wildman–Crippen LogP) is 0.416. The number of aliphatic hydroxyl groups is 1. The highest BCUT2D eigenvalue weighted by Crippen LogP contribution is 2.20. The number of nitrogens with zero attached hydrogens (tertiary/aromatic N) is 2. The molecule has 1 heterocycles. The molecule has 0 saturated carbocycles. The van der Waals surface area contributed by atoms with Gasteiger partial charge in [0.25, 0.3) is 0 Å². The van der Waals surface area contributed by atoms with E-state index in [1.165, 1.54) is 0 Å². The quantitative estimate of drug-likeness (QED) is 0.232. The van der Waals surface area contributed by atoms with E-state index in [-0.39, 0.29) is 17.0 Å². The summed E-state index contributed by atoms with van der Waals surface area (Å²) in [6.07, 6.45) is 1.73.